The molecule has 0 spiro atoms. The average molecular weight is 912 g/mol. The minimum atomic E-state index is -1.39. The Hall–Kier alpha value is -1.84. The molecule has 0 heterocycles. The molecule has 0 aromatic heterocycles. The van der Waals surface area contributed by atoms with Crippen molar-refractivity contribution in [1.82, 2.24) is 0 Å². The van der Waals surface area contributed by atoms with E-state index >= 15 is 0 Å². The van der Waals surface area contributed by atoms with Crippen LogP contribution < -0.4 is 10.2 Å². The van der Waals surface area contributed by atoms with Crippen LogP contribution in [0.5, 0.6) is 0 Å². The fourth-order valence-electron chi connectivity index (χ4n) is 6.08. The van der Waals surface area contributed by atoms with Gasteiger partial charge >= 0.3 is 133 Å². The van der Waals surface area contributed by atoms with Crippen molar-refractivity contribution in [3.8, 4) is 0 Å². The maximum absolute atomic E-state index is 11.0. The first-order valence-corrected chi connectivity index (χ1v) is 27.6. The summed E-state index contributed by atoms with van der Waals surface area (Å²) in [6.07, 6.45) is 45.4. The molecule has 8 nitrogen and oxygen atoms in total. The molecule has 0 aliphatic carbocycles. The zero-order valence-corrected chi connectivity index (χ0v) is 40.4. The van der Waals surface area contributed by atoms with Crippen LogP contribution in [0.3, 0.4) is 0 Å². The average Bonchev–Trinajstić information content (AvgIpc) is 3.19. The summed E-state index contributed by atoms with van der Waals surface area (Å²) in [5.74, 6) is -4.02. The molecule has 0 rings (SSSR count). The van der Waals surface area contributed by atoms with Crippen molar-refractivity contribution in [2.45, 2.75) is 242 Å². The van der Waals surface area contributed by atoms with Gasteiger partial charge in [0.15, 0.2) is 0 Å². The summed E-state index contributed by atoms with van der Waals surface area (Å²) >= 11 is 0.0736. The summed E-state index contributed by atoms with van der Waals surface area (Å²) in [6.45, 7) is 9.76. The van der Waals surface area contributed by atoms with Crippen LogP contribution in [0.25, 0.3) is 0 Å². The second-order valence-corrected chi connectivity index (χ2v) is 19.6. The summed E-state index contributed by atoms with van der Waals surface area (Å²) in [6, 6.07) is 0. The van der Waals surface area contributed by atoms with Crippen molar-refractivity contribution >= 4 is 45.0 Å². The van der Waals surface area contributed by atoms with Gasteiger partial charge in [0.1, 0.15) is 0 Å². The minimum absolute atomic E-state index is 0.0736. The second kappa shape index (κ2) is 54.2. The Balaban J connectivity index is -0.000000771. The zero-order chi connectivity index (χ0) is 42.7. The number of unbranched alkanes of at least 4 members (excludes halogenated alkanes) is 28. The first kappa shape index (κ1) is 59.5. The predicted molar refractivity (Wildman–Crippen MR) is 236 cm³/mol. The van der Waals surface area contributed by atoms with Gasteiger partial charge in [-0.15, -0.1) is 0 Å². The summed E-state index contributed by atoms with van der Waals surface area (Å²) < 4.78 is 13.0. The third-order valence-electron chi connectivity index (χ3n) is 9.61. The number of carboxylic acids is 2. The number of aliphatic carboxylic acids is 2. The standard InChI is InChI=1S/2C16H28O4.2C8H17.Sn/c2*1-2-3-4-5-6-7-8-9-10-11-14-20-16(19)13-12-15(17)18;2*1-3-5-7-8-6-4-2;/h2*12-13H,2-11,14H2,1H3,(H,17,18);2*1,3-8H2,2H3;/q;;;;+2/p-2/b2*13-12+;;;. The summed E-state index contributed by atoms with van der Waals surface area (Å²) in [7, 11) is 0. The molecule has 0 bridgehead atoms. The van der Waals surface area contributed by atoms with E-state index < -0.39 is 23.9 Å². The molecule has 0 radical (unpaired) electrons. The van der Waals surface area contributed by atoms with Crippen LogP contribution in [-0.4, -0.2) is 58.2 Å². The number of carbonyl (C=O) groups excluding carboxylic acids is 4. The molecule has 0 unspecified atom stereocenters. The molecular weight excluding hydrogens is 823 g/mol. The van der Waals surface area contributed by atoms with Crippen LogP contribution >= 0.6 is 0 Å². The van der Waals surface area contributed by atoms with E-state index in [1.165, 1.54) is 167 Å². The van der Waals surface area contributed by atoms with Gasteiger partial charge in [0, 0.05) is 12.2 Å². The summed E-state index contributed by atoms with van der Waals surface area (Å²) in [5.41, 5.74) is 0. The molecule has 0 aliphatic rings. The van der Waals surface area contributed by atoms with Crippen molar-refractivity contribution < 1.29 is 38.9 Å². The molecular formula is C48H88O8Sn. The van der Waals surface area contributed by atoms with Crippen molar-refractivity contribution in [2.24, 2.45) is 0 Å². The van der Waals surface area contributed by atoms with Crippen LogP contribution in [0, 0.1) is 0 Å². The van der Waals surface area contributed by atoms with E-state index in [2.05, 4.69) is 27.7 Å². The molecule has 0 aromatic rings. The molecule has 57 heavy (non-hydrogen) atoms. The van der Waals surface area contributed by atoms with Gasteiger partial charge in [-0.05, 0) is 25.0 Å². The first-order valence-electron chi connectivity index (χ1n) is 23.6. The fraction of sp³-hybridized carbons (Fsp3) is 0.833. The third kappa shape index (κ3) is 63.5. The van der Waals surface area contributed by atoms with Gasteiger partial charge in [-0.25, -0.2) is 9.59 Å². The van der Waals surface area contributed by atoms with Gasteiger partial charge in [-0.3, -0.25) is 0 Å². The van der Waals surface area contributed by atoms with Crippen LogP contribution in [0.1, 0.15) is 233 Å². The van der Waals surface area contributed by atoms with Crippen molar-refractivity contribution in [3.05, 3.63) is 24.3 Å². The molecule has 9 heteroatoms. The van der Waals surface area contributed by atoms with E-state index in [1.807, 2.05) is 0 Å². The normalized spacial score (nSPS) is 10.7. The molecule has 332 valence electrons. The zero-order valence-electron chi connectivity index (χ0n) is 37.5. The van der Waals surface area contributed by atoms with Gasteiger partial charge < -0.3 is 29.3 Å². The molecule has 0 amide bonds. The van der Waals surface area contributed by atoms with E-state index in [0.717, 1.165) is 37.8 Å². The predicted octanol–water partition coefficient (Wildman–Crippen LogP) is 11.8. The quantitative estimate of drug-likeness (QED) is 0.0257. The van der Waals surface area contributed by atoms with Gasteiger partial charge in [-0.2, -0.15) is 0 Å². The second-order valence-electron chi connectivity index (χ2n) is 15.3. The fourth-order valence-corrected chi connectivity index (χ4v) is 9.65. The summed E-state index contributed by atoms with van der Waals surface area (Å²) in [4.78, 5) is 42.1. The van der Waals surface area contributed by atoms with Gasteiger partial charge in [0.2, 0.25) is 0 Å². The van der Waals surface area contributed by atoms with Crippen molar-refractivity contribution in [2.75, 3.05) is 13.2 Å². The Morgan fingerprint density at radius 1 is 0.351 bits per heavy atom. The molecule has 0 aliphatic heterocycles. The van der Waals surface area contributed by atoms with Crippen molar-refractivity contribution in [1.29, 1.82) is 0 Å². The van der Waals surface area contributed by atoms with Gasteiger partial charge in [0.05, 0.1) is 25.2 Å². The Morgan fingerprint density at radius 3 is 0.825 bits per heavy atom. The van der Waals surface area contributed by atoms with Crippen molar-refractivity contribution in [3.63, 3.8) is 0 Å². The van der Waals surface area contributed by atoms with Crippen LogP contribution in [-0.2, 0) is 28.7 Å². The Labute approximate surface area is 361 Å². The van der Waals surface area contributed by atoms with E-state index in [9.17, 15) is 29.4 Å². The van der Waals surface area contributed by atoms with Crippen LogP contribution in [0.15, 0.2) is 24.3 Å². The van der Waals surface area contributed by atoms with Gasteiger partial charge in [-0.1, -0.05) is 129 Å². The number of carboxylic acid groups (broad SMARTS) is 2. The first-order chi connectivity index (χ1) is 27.7. The number of esters is 2. The molecule has 0 fully saturated rings. The molecule has 0 N–H and O–H groups in total. The topological polar surface area (TPSA) is 133 Å². The number of carbonyl (C=O) groups is 4. The number of hydrogen-bond donors (Lipinski definition) is 0. The number of rotatable bonds is 40. The van der Waals surface area contributed by atoms with Crippen LogP contribution in [0.4, 0.5) is 0 Å². The number of hydrogen-bond acceptors (Lipinski definition) is 8. The van der Waals surface area contributed by atoms with E-state index in [1.54, 1.807) is 21.7 Å². The molecule has 0 saturated carbocycles. The summed E-state index contributed by atoms with van der Waals surface area (Å²) in [5, 5.41) is 20.1. The Bertz CT molecular complexity index is 848. The maximum atomic E-state index is 11.0. The van der Waals surface area contributed by atoms with Gasteiger partial charge in [0.25, 0.3) is 0 Å². The monoisotopic (exact) mass is 913 g/mol. The van der Waals surface area contributed by atoms with E-state index in [0.29, 0.717) is 25.4 Å². The SMILES string of the molecule is CCCCCCCCCCCCOC(=O)/C=C/C(=O)[O-].CCCCCCCCCCCCOC(=O)/C=C/C(=O)[O-].CCCCCCC[CH2][Sn+2][CH2]CCCCCCC. The van der Waals surface area contributed by atoms with E-state index in [4.69, 9.17) is 9.47 Å². The van der Waals surface area contributed by atoms with Crippen LogP contribution in [0.2, 0.25) is 8.87 Å². The molecule has 0 aromatic carbocycles. The molecule has 0 atom stereocenters. The van der Waals surface area contributed by atoms with E-state index in [-0.39, 0.29) is 21.1 Å². The number of ether oxygens (including phenoxy) is 2. The Morgan fingerprint density at radius 2 is 0.579 bits per heavy atom. The third-order valence-corrected chi connectivity index (χ3v) is 13.6. The Kier molecular flexibility index (Phi) is 56.5. The molecule has 0 saturated heterocycles.